The van der Waals surface area contributed by atoms with Gasteiger partial charge in [0.05, 0.1) is 12.8 Å². The summed E-state index contributed by atoms with van der Waals surface area (Å²) in [6.07, 6.45) is 3.93. The van der Waals surface area contributed by atoms with Crippen molar-refractivity contribution in [2.24, 2.45) is 0 Å². The topological polar surface area (TPSA) is 86.1 Å². The number of hydrogen-bond donors (Lipinski definition) is 1. The fourth-order valence-corrected chi connectivity index (χ4v) is 2.87. The van der Waals surface area contributed by atoms with E-state index in [2.05, 4.69) is 15.4 Å². The van der Waals surface area contributed by atoms with Crippen LogP contribution >= 0.6 is 0 Å². The number of pyridine rings is 1. The van der Waals surface area contributed by atoms with Gasteiger partial charge in [0.15, 0.2) is 0 Å². The number of benzene rings is 1. The summed E-state index contributed by atoms with van der Waals surface area (Å²) >= 11 is 0. The Morgan fingerprint density at radius 3 is 2.64 bits per heavy atom. The number of methoxy groups -OCH3 is 1. The zero-order chi connectivity index (χ0) is 19.9. The molecule has 0 spiro atoms. The third-order valence-corrected chi connectivity index (χ3v) is 4.43. The molecule has 0 bridgehead atoms. The van der Waals surface area contributed by atoms with Gasteiger partial charge in [-0.3, -0.25) is 14.6 Å². The molecule has 1 N–H and O–H groups in total. The highest BCUT2D eigenvalue weighted by molar-refractivity contribution is 5.79. The van der Waals surface area contributed by atoms with Gasteiger partial charge >= 0.3 is 0 Å². The maximum absolute atomic E-state index is 12.5. The second-order valence-corrected chi connectivity index (χ2v) is 6.27. The summed E-state index contributed by atoms with van der Waals surface area (Å²) in [7, 11) is 1.62. The van der Waals surface area contributed by atoms with Crippen LogP contribution in [0.3, 0.4) is 0 Å². The van der Waals surface area contributed by atoms with Gasteiger partial charge in [-0.15, -0.1) is 0 Å². The van der Waals surface area contributed by atoms with Crippen LogP contribution < -0.4 is 15.6 Å². The average molecular weight is 378 g/mol. The molecule has 3 rings (SSSR count). The van der Waals surface area contributed by atoms with E-state index in [0.29, 0.717) is 18.7 Å². The number of para-hydroxylation sites is 1. The van der Waals surface area contributed by atoms with Crippen LogP contribution in [0.25, 0.3) is 11.3 Å². The molecule has 0 saturated carbocycles. The zero-order valence-electron chi connectivity index (χ0n) is 15.8. The molecule has 144 valence electrons. The molecular formula is C21H22N4O3. The molecule has 0 saturated heterocycles. The van der Waals surface area contributed by atoms with Gasteiger partial charge < -0.3 is 10.1 Å². The lowest BCUT2D eigenvalue weighted by Crippen LogP contribution is -2.37. The Hall–Kier alpha value is -3.48. The summed E-state index contributed by atoms with van der Waals surface area (Å²) < 4.78 is 6.52. The quantitative estimate of drug-likeness (QED) is 0.681. The predicted molar refractivity (Wildman–Crippen MR) is 106 cm³/mol. The maximum atomic E-state index is 12.5. The molecule has 0 radical (unpaired) electrons. The van der Waals surface area contributed by atoms with Crippen molar-refractivity contribution in [3.8, 4) is 17.0 Å². The fourth-order valence-electron chi connectivity index (χ4n) is 2.87. The van der Waals surface area contributed by atoms with Crippen LogP contribution in [0.4, 0.5) is 0 Å². The minimum absolute atomic E-state index is 0.267. The van der Waals surface area contributed by atoms with E-state index in [1.54, 1.807) is 44.6 Å². The Kier molecular flexibility index (Phi) is 6.16. The minimum Gasteiger partial charge on any atom is -0.496 e. The number of nitrogens with one attached hydrogen (secondary N) is 1. The van der Waals surface area contributed by atoms with E-state index in [1.807, 2.05) is 24.3 Å². The van der Waals surface area contributed by atoms with Crippen LogP contribution in [-0.2, 0) is 11.2 Å². The lowest BCUT2D eigenvalue weighted by Gasteiger charge is -2.15. The first-order valence-electron chi connectivity index (χ1n) is 9.00. The molecular weight excluding hydrogens is 356 g/mol. The minimum atomic E-state index is -0.730. The average Bonchev–Trinajstić information content (AvgIpc) is 2.74. The molecule has 7 nitrogen and oxygen atoms in total. The van der Waals surface area contributed by atoms with Gasteiger partial charge in [-0.2, -0.15) is 5.10 Å². The molecule has 2 heterocycles. The number of nitrogens with zero attached hydrogens (tertiary/aromatic N) is 3. The third-order valence-electron chi connectivity index (χ3n) is 4.43. The highest BCUT2D eigenvalue weighted by Gasteiger charge is 2.18. The number of aromatic nitrogens is 3. The molecule has 7 heteroatoms. The van der Waals surface area contributed by atoms with Crippen molar-refractivity contribution in [2.45, 2.75) is 19.4 Å². The summed E-state index contributed by atoms with van der Waals surface area (Å²) in [5.74, 6) is 0.518. The van der Waals surface area contributed by atoms with Crippen LogP contribution in [0.1, 0.15) is 18.5 Å². The molecule has 3 aromatic rings. The smallest absolute Gasteiger partial charge is 0.267 e. The normalized spacial score (nSPS) is 11.6. The number of carbonyl (C=O) groups is 1. The molecule has 0 aliphatic carbocycles. The van der Waals surface area contributed by atoms with Crippen molar-refractivity contribution in [3.63, 3.8) is 0 Å². The number of hydrogen-bond acceptors (Lipinski definition) is 5. The first-order chi connectivity index (χ1) is 13.6. The summed E-state index contributed by atoms with van der Waals surface area (Å²) in [5, 5.41) is 7.22. The van der Waals surface area contributed by atoms with E-state index in [4.69, 9.17) is 4.74 Å². The lowest BCUT2D eigenvalue weighted by molar-refractivity contribution is -0.124. The van der Waals surface area contributed by atoms with E-state index >= 15 is 0 Å². The van der Waals surface area contributed by atoms with E-state index in [0.717, 1.165) is 16.9 Å². The summed E-state index contributed by atoms with van der Waals surface area (Å²) in [6.45, 7) is 2.09. The van der Waals surface area contributed by atoms with E-state index < -0.39 is 6.04 Å². The molecule has 1 aromatic carbocycles. The van der Waals surface area contributed by atoms with E-state index in [-0.39, 0.29) is 11.5 Å². The first kappa shape index (κ1) is 19.3. The Morgan fingerprint density at radius 2 is 1.89 bits per heavy atom. The number of rotatable bonds is 7. The standard InChI is InChI=1S/C21H22N4O3/c1-15(21(27)23-14-11-17-5-3-4-6-19(17)28-2)25-20(26)8-7-18(24-25)16-9-12-22-13-10-16/h3-10,12-13,15H,11,14H2,1-2H3,(H,23,27). The Bertz CT molecular complexity index is 1000. The molecule has 0 aliphatic rings. The summed E-state index contributed by atoms with van der Waals surface area (Å²) in [6, 6.07) is 13.6. The number of carbonyl (C=O) groups excluding carboxylic acids is 1. The van der Waals surface area contributed by atoms with Gasteiger partial charge in [0.2, 0.25) is 5.91 Å². The fraction of sp³-hybridized carbons (Fsp3) is 0.238. The molecule has 2 aromatic heterocycles. The SMILES string of the molecule is COc1ccccc1CCNC(=O)C(C)n1nc(-c2ccncc2)ccc1=O. The highest BCUT2D eigenvalue weighted by atomic mass is 16.5. The largest absolute Gasteiger partial charge is 0.496 e. The van der Waals surface area contributed by atoms with Gasteiger partial charge in [0.1, 0.15) is 11.8 Å². The molecule has 28 heavy (non-hydrogen) atoms. The Morgan fingerprint density at radius 1 is 1.14 bits per heavy atom. The van der Waals surface area contributed by atoms with E-state index in [1.165, 1.54) is 10.7 Å². The van der Waals surface area contributed by atoms with Gasteiger partial charge in [-0.25, -0.2) is 4.68 Å². The van der Waals surface area contributed by atoms with E-state index in [9.17, 15) is 9.59 Å². The maximum Gasteiger partial charge on any atom is 0.267 e. The molecule has 1 atom stereocenters. The second-order valence-electron chi connectivity index (χ2n) is 6.27. The van der Waals surface area contributed by atoms with Crippen molar-refractivity contribution in [1.29, 1.82) is 0 Å². The zero-order valence-corrected chi connectivity index (χ0v) is 15.8. The van der Waals surface area contributed by atoms with Crippen molar-refractivity contribution in [3.05, 3.63) is 76.8 Å². The van der Waals surface area contributed by atoms with Gasteiger partial charge in [-0.1, -0.05) is 18.2 Å². The van der Waals surface area contributed by atoms with Crippen LogP contribution in [-0.4, -0.2) is 34.3 Å². The highest BCUT2D eigenvalue weighted by Crippen LogP contribution is 2.17. The Balaban J connectivity index is 1.68. The predicted octanol–water partition coefficient (Wildman–Crippen LogP) is 2.23. The molecule has 1 unspecified atom stereocenters. The monoisotopic (exact) mass is 378 g/mol. The number of amides is 1. The first-order valence-corrected chi connectivity index (χ1v) is 9.00. The number of ether oxygens (including phenoxy) is 1. The Labute approximate surface area is 163 Å². The van der Waals surface area contributed by atoms with Crippen molar-refractivity contribution in [2.75, 3.05) is 13.7 Å². The van der Waals surface area contributed by atoms with Gasteiger partial charge in [0.25, 0.3) is 5.56 Å². The van der Waals surface area contributed by atoms with Crippen molar-refractivity contribution >= 4 is 5.91 Å². The summed E-state index contributed by atoms with van der Waals surface area (Å²) in [5.41, 5.74) is 2.11. The van der Waals surface area contributed by atoms with Crippen molar-refractivity contribution in [1.82, 2.24) is 20.1 Å². The van der Waals surface area contributed by atoms with Crippen LogP contribution in [0, 0.1) is 0 Å². The van der Waals surface area contributed by atoms with Gasteiger partial charge in [0, 0.05) is 30.6 Å². The van der Waals surface area contributed by atoms with Crippen LogP contribution in [0.5, 0.6) is 5.75 Å². The molecule has 0 fully saturated rings. The van der Waals surface area contributed by atoms with Crippen LogP contribution in [0.15, 0.2) is 65.7 Å². The summed E-state index contributed by atoms with van der Waals surface area (Å²) in [4.78, 5) is 28.7. The molecule has 1 amide bonds. The third kappa shape index (κ3) is 4.43. The van der Waals surface area contributed by atoms with Crippen LogP contribution in [0.2, 0.25) is 0 Å². The molecule has 0 aliphatic heterocycles. The van der Waals surface area contributed by atoms with Gasteiger partial charge in [-0.05, 0) is 43.2 Å². The van der Waals surface area contributed by atoms with Crippen molar-refractivity contribution < 1.29 is 9.53 Å². The second kappa shape index (κ2) is 8.94. The lowest BCUT2D eigenvalue weighted by atomic mass is 10.1.